The number of pyridine rings is 1. The zero-order chi connectivity index (χ0) is 18.1. The average molecular weight is 352 g/mol. The Labute approximate surface area is 151 Å². The molecule has 0 bridgehead atoms. The fourth-order valence-corrected chi connectivity index (χ4v) is 3.50. The smallest absolute Gasteiger partial charge is 0.254 e. The summed E-state index contributed by atoms with van der Waals surface area (Å²) >= 11 is 0. The van der Waals surface area contributed by atoms with Crippen LogP contribution in [0.4, 0.5) is 0 Å². The van der Waals surface area contributed by atoms with Crippen molar-refractivity contribution in [1.82, 2.24) is 19.5 Å². The molecule has 1 fully saturated rings. The molecule has 0 saturated carbocycles. The molecule has 0 radical (unpaired) electrons. The Morgan fingerprint density at radius 1 is 1.12 bits per heavy atom. The van der Waals surface area contributed by atoms with E-state index in [0.29, 0.717) is 23.6 Å². The summed E-state index contributed by atoms with van der Waals surface area (Å²) in [6.45, 7) is 0.694. The number of hydrogen-bond donors (Lipinski definition) is 0. The van der Waals surface area contributed by atoms with Crippen LogP contribution in [0.5, 0.6) is 11.5 Å². The highest BCUT2D eigenvalue weighted by Crippen LogP contribution is 2.34. The molecule has 1 aliphatic heterocycles. The highest BCUT2D eigenvalue weighted by molar-refractivity contribution is 5.95. The van der Waals surface area contributed by atoms with Crippen LogP contribution in [0, 0.1) is 0 Å². The number of methoxy groups -OCH3 is 2. The van der Waals surface area contributed by atoms with E-state index in [1.54, 1.807) is 32.4 Å². The fourth-order valence-electron chi connectivity index (χ4n) is 3.50. The van der Waals surface area contributed by atoms with Gasteiger partial charge in [-0.05, 0) is 43.2 Å². The number of ether oxygens (including phenoxy) is 2. The number of likely N-dealkylation sites (tertiary alicyclic amines) is 1. The van der Waals surface area contributed by atoms with Gasteiger partial charge in [0.1, 0.15) is 0 Å². The van der Waals surface area contributed by atoms with Crippen LogP contribution in [0.2, 0.25) is 0 Å². The average Bonchev–Trinajstić information content (AvgIpc) is 3.33. The van der Waals surface area contributed by atoms with Gasteiger partial charge < -0.3 is 14.4 Å². The van der Waals surface area contributed by atoms with Gasteiger partial charge in [0.2, 0.25) is 0 Å². The molecular weight excluding hydrogens is 332 g/mol. The van der Waals surface area contributed by atoms with E-state index < -0.39 is 0 Å². The first-order chi connectivity index (χ1) is 12.7. The number of fused-ring (bicyclic) bond motifs is 1. The van der Waals surface area contributed by atoms with Gasteiger partial charge in [0.05, 0.1) is 20.3 Å². The van der Waals surface area contributed by atoms with E-state index in [4.69, 9.17) is 9.47 Å². The standard InChI is InChI=1S/C19H20N4O3/c1-25-15-9-8-13(12-16(15)26-2)19(24)22-11-5-6-14(22)18-21-20-17-7-3-4-10-23(17)18/h3-4,7-10,12,14H,5-6,11H2,1-2H3/t14-/m1/s1. The molecule has 4 rings (SSSR count). The molecule has 2 aromatic heterocycles. The van der Waals surface area contributed by atoms with E-state index in [1.807, 2.05) is 33.7 Å². The summed E-state index contributed by atoms with van der Waals surface area (Å²) in [4.78, 5) is 15.0. The zero-order valence-corrected chi connectivity index (χ0v) is 14.8. The molecule has 1 atom stereocenters. The van der Waals surface area contributed by atoms with Gasteiger partial charge in [-0.25, -0.2) is 0 Å². The Bertz CT molecular complexity index is 953. The lowest BCUT2D eigenvalue weighted by molar-refractivity contribution is 0.0729. The maximum Gasteiger partial charge on any atom is 0.254 e. The lowest BCUT2D eigenvalue weighted by Gasteiger charge is -2.24. The molecule has 1 aliphatic rings. The largest absolute Gasteiger partial charge is 0.493 e. The van der Waals surface area contributed by atoms with Crippen molar-refractivity contribution in [1.29, 1.82) is 0 Å². The Balaban J connectivity index is 1.67. The lowest BCUT2D eigenvalue weighted by Crippen LogP contribution is -2.31. The summed E-state index contributed by atoms with van der Waals surface area (Å²) in [7, 11) is 3.14. The first kappa shape index (κ1) is 16.4. The minimum Gasteiger partial charge on any atom is -0.493 e. The van der Waals surface area contributed by atoms with Crippen LogP contribution in [0.15, 0.2) is 42.6 Å². The number of hydrogen-bond acceptors (Lipinski definition) is 5. The monoisotopic (exact) mass is 352 g/mol. The fraction of sp³-hybridized carbons (Fsp3) is 0.316. The third-order valence-electron chi connectivity index (χ3n) is 4.78. The van der Waals surface area contributed by atoms with Gasteiger partial charge in [-0.1, -0.05) is 6.07 Å². The number of rotatable bonds is 4. The van der Waals surface area contributed by atoms with Gasteiger partial charge in [-0.2, -0.15) is 0 Å². The highest BCUT2D eigenvalue weighted by Gasteiger charge is 2.34. The number of carbonyl (C=O) groups is 1. The second kappa shape index (κ2) is 6.67. The van der Waals surface area contributed by atoms with Gasteiger partial charge in [-0.15, -0.1) is 10.2 Å². The Hall–Kier alpha value is -3.09. The molecule has 26 heavy (non-hydrogen) atoms. The van der Waals surface area contributed by atoms with Crippen LogP contribution < -0.4 is 9.47 Å². The highest BCUT2D eigenvalue weighted by atomic mass is 16.5. The van der Waals surface area contributed by atoms with Crippen molar-refractivity contribution >= 4 is 11.6 Å². The minimum absolute atomic E-state index is 0.0406. The molecule has 1 aromatic carbocycles. The first-order valence-electron chi connectivity index (χ1n) is 8.55. The number of carbonyl (C=O) groups excluding carboxylic acids is 1. The second-order valence-corrected chi connectivity index (χ2v) is 6.21. The van der Waals surface area contributed by atoms with E-state index in [2.05, 4.69) is 10.2 Å². The van der Waals surface area contributed by atoms with Crippen LogP contribution in [0.3, 0.4) is 0 Å². The molecule has 0 unspecified atom stereocenters. The van der Waals surface area contributed by atoms with Gasteiger partial charge in [0.15, 0.2) is 23.0 Å². The van der Waals surface area contributed by atoms with Crippen LogP contribution in [-0.4, -0.2) is 46.2 Å². The molecule has 0 aliphatic carbocycles. The molecule has 1 saturated heterocycles. The summed E-state index contributed by atoms with van der Waals surface area (Å²) in [6.07, 6.45) is 3.74. The quantitative estimate of drug-likeness (QED) is 0.722. The Morgan fingerprint density at radius 3 is 2.77 bits per heavy atom. The van der Waals surface area contributed by atoms with Gasteiger partial charge >= 0.3 is 0 Å². The molecule has 7 nitrogen and oxygen atoms in total. The summed E-state index contributed by atoms with van der Waals surface area (Å²) in [5.74, 6) is 1.90. The van der Waals surface area contributed by atoms with Crippen molar-refractivity contribution in [2.24, 2.45) is 0 Å². The summed E-state index contributed by atoms with van der Waals surface area (Å²) in [6, 6.07) is 10.9. The Morgan fingerprint density at radius 2 is 1.96 bits per heavy atom. The summed E-state index contributed by atoms with van der Waals surface area (Å²) in [5.41, 5.74) is 1.36. The van der Waals surface area contributed by atoms with Crippen LogP contribution in [0.25, 0.3) is 5.65 Å². The maximum absolute atomic E-state index is 13.1. The predicted molar refractivity (Wildman–Crippen MR) is 95.5 cm³/mol. The number of benzene rings is 1. The first-order valence-corrected chi connectivity index (χ1v) is 8.55. The lowest BCUT2D eigenvalue weighted by atomic mass is 10.1. The molecule has 3 aromatic rings. The Kier molecular flexibility index (Phi) is 4.20. The molecule has 3 heterocycles. The predicted octanol–water partition coefficient (Wildman–Crippen LogP) is 2.72. The van der Waals surface area contributed by atoms with Crippen molar-refractivity contribution in [2.75, 3.05) is 20.8 Å². The third-order valence-corrected chi connectivity index (χ3v) is 4.78. The van der Waals surface area contributed by atoms with Crippen molar-refractivity contribution in [3.8, 4) is 11.5 Å². The molecule has 0 N–H and O–H groups in total. The number of amides is 1. The van der Waals surface area contributed by atoms with Crippen molar-refractivity contribution in [3.05, 3.63) is 54.0 Å². The molecule has 7 heteroatoms. The van der Waals surface area contributed by atoms with Gasteiger partial charge in [0.25, 0.3) is 5.91 Å². The van der Waals surface area contributed by atoms with Gasteiger partial charge in [-0.3, -0.25) is 9.20 Å². The summed E-state index contributed by atoms with van der Waals surface area (Å²) < 4.78 is 12.5. The topological polar surface area (TPSA) is 69.0 Å². The normalized spacial score (nSPS) is 16.8. The van der Waals surface area contributed by atoms with Crippen LogP contribution in [0.1, 0.15) is 35.1 Å². The van der Waals surface area contributed by atoms with Crippen molar-refractivity contribution in [3.63, 3.8) is 0 Å². The SMILES string of the molecule is COc1ccc(C(=O)N2CCC[C@@H]2c2nnc3ccccn23)cc1OC. The molecular formula is C19H20N4O3. The van der Waals surface area contributed by atoms with E-state index in [-0.39, 0.29) is 11.9 Å². The summed E-state index contributed by atoms with van der Waals surface area (Å²) in [5, 5.41) is 8.56. The minimum atomic E-state index is -0.0898. The van der Waals surface area contributed by atoms with E-state index in [1.165, 1.54) is 0 Å². The number of nitrogens with zero attached hydrogens (tertiary/aromatic N) is 4. The number of aromatic nitrogens is 3. The third kappa shape index (κ3) is 2.65. The van der Waals surface area contributed by atoms with Crippen LogP contribution in [-0.2, 0) is 0 Å². The van der Waals surface area contributed by atoms with E-state index >= 15 is 0 Å². The van der Waals surface area contributed by atoms with Crippen molar-refractivity contribution < 1.29 is 14.3 Å². The van der Waals surface area contributed by atoms with E-state index in [9.17, 15) is 4.79 Å². The molecule has 0 spiro atoms. The van der Waals surface area contributed by atoms with Gasteiger partial charge in [0, 0.05) is 18.3 Å². The van der Waals surface area contributed by atoms with Crippen LogP contribution >= 0.6 is 0 Å². The zero-order valence-electron chi connectivity index (χ0n) is 14.8. The molecule has 134 valence electrons. The van der Waals surface area contributed by atoms with Crippen molar-refractivity contribution in [2.45, 2.75) is 18.9 Å². The molecule has 1 amide bonds. The van der Waals surface area contributed by atoms with E-state index in [0.717, 1.165) is 24.3 Å². The maximum atomic E-state index is 13.1. The second-order valence-electron chi connectivity index (χ2n) is 6.21.